The number of thiophene rings is 1. The number of ether oxygens (including phenoxy) is 1. The van der Waals surface area contributed by atoms with Gasteiger partial charge >= 0.3 is 5.00 Å². The van der Waals surface area contributed by atoms with E-state index >= 15 is 0 Å². The fourth-order valence-electron chi connectivity index (χ4n) is 1.47. The number of hydrogen-bond acceptors (Lipinski definition) is 6. The highest BCUT2D eigenvalue weighted by molar-refractivity contribution is 7.16. The summed E-state index contributed by atoms with van der Waals surface area (Å²) in [7, 11) is 1.54. The van der Waals surface area contributed by atoms with Crippen molar-refractivity contribution in [1.29, 1.82) is 0 Å². The molecule has 1 aromatic heterocycles. The van der Waals surface area contributed by atoms with Crippen LogP contribution in [0.5, 0.6) is 5.75 Å². The number of nitrogens with one attached hydrogen (secondary N) is 1. The summed E-state index contributed by atoms with van der Waals surface area (Å²) in [5.41, 5.74) is 2.79. The molecule has 2 rings (SSSR count). The molecule has 2 aromatic rings. The zero-order valence-electron chi connectivity index (χ0n) is 11.0. The Balaban J connectivity index is 1.95. The number of amides is 1. The molecular weight excluding hydrogens is 294 g/mol. The summed E-state index contributed by atoms with van der Waals surface area (Å²) in [5, 5.41) is 14.3. The second kappa shape index (κ2) is 6.62. The van der Waals surface area contributed by atoms with Crippen LogP contribution >= 0.6 is 11.3 Å². The van der Waals surface area contributed by atoms with E-state index in [1.165, 1.54) is 12.3 Å². The van der Waals surface area contributed by atoms with Crippen LogP contribution in [0.4, 0.5) is 5.00 Å². The van der Waals surface area contributed by atoms with Gasteiger partial charge in [0.25, 0.3) is 5.91 Å². The van der Waals surface area contributed by atoms with E-state index in [1.54, 1.807) is 37.4 Å². The van der Waals surface area contributed by atoms with E-state index in [0.717, 1.165) is 11.3 Å². The molecule has 21 heavy (non-hydrogen) atoms. The van der Waals surface area contributed by atoms with Crippen LogP contribution in [0.1, 0.15) is 15.2 Å². The van der Waals surface area contributed by atoms with Gasteiger partial charge in [-0.15, -0.1) is 0 Å². The van der Waals surface area contributed by atoms with Crippen molar-refractivity contribution >= 4 is 28.5 Å². The summed E-state index contributed by atoms with van der Waals surface area (Å²) >= 11 is 0.977. The standard InChI is InChI=1S/C13H11N3O4S/c1-20-10-4-2-9(3-5-10)13(17)15-14-8-11-6-7-12(21-11)16(18)19/h2-8H,1H3,(H,15,17)/b14-8+. The summed E-state index contributed by atoms with van der Waals surface area (Å²) < 4.78 is 4.99. The van der Waals surface area contributed by atoms with Crippen LogP contribution in [0.25, 0.3) is 0 Å². The Kier molecular flexibility index (Phi) is 4.62. The van der Waals surface area contributed by atoms with E-state index in [9.17, 15) is 14.9 Å². The number of hydrazone groups is 1. The Hall–Kier alpha value is -2.74. The Morgan fingerprint density at radius 1 is 1.33 bits per heavy atom. The topological polar surface area (TPSA) is 93.8 Å². The SMILES string of the molecule is COc1ccc(C(=O)N/N=C/c2ccc([N+](=O)[O-])s2)cc1. The van der Waals surface area contributed by atoms with Gasteiger partial charge in [0.2, 0.25) is 0 Å². The molecule has 0 aliphatic rings. The van der Waals surface area contributed by atoms with E-state index < -0.39 is 4.92 Å². The van der Waals surface area contributed by atoms with Crippen LogP contribution in [-0.4, -0.2) is 24.2 Å². The molecule has 0 unspecified atom stereocenters. The molecule has 0 atom stereocenters. The van der Waals surface area contributed by atoms with Crippen molar-refractivity contribution in [2.75, 3.05) is 7.11 Å². The van der Waals surface area contributed by atoms with Gasteiger partial charge in [-0.25, -0.2) is 5.43 Å². The van der Waals surface area contributed by atoms with E-state index in [1.807, 2.05) is 0 Å². The van der Waals surface area contributed by atoms with Crippen molar-refractivity contribution in [3.63, 3.8) is 0 Å². The maximum atomic E-state index is 11.8. The number of carbonyl (C=O) groups is 1. The number of nitrogens with zero attached hydrogens (tertiary/aromatic N) is 2. The number of benzene rings is 1. The largest absolute Gasteiger partial charge is 0.497 e. The van der Waals surface area contributed by atoms with Gasteiger partial charge in [-0.1, -0.05) is 11.3 Å². The lowest BCUT2D eigenvalue weighted by molar-refractivity contribution is -0.380. The highest BCUT2D eigenvalue weighted by Gasteiger charge is 2.08. The highest BCUT2D eigenvalue weighted by atomic mass is 32.1. The van der Waals surface area contributed by atoms with Gasteiger partial charge in [0.05, 0.1) is 23.1 Å². The fourth-order valence-corrected chi connectivity index (χ4v) is 2.16. The van der Waals surface area contributed by atoms with Crippen molar-refractivity contribution in [3.8, 4) is 5.75 Å². The third kappa shape index (κ3) is 3.86. The van der Waals surface area contributed by atoms with Crippen molar-refractivity contribution in [3.05, 3.63) is 57.0 Å². The smallest absolute Gasteiger partial charge is 0.324 e. The van der Waals surface area contributed by atoms with Crippen molar-refractivity contribution in [1.82, 2.24) is 5.43 Å². The maximum Gasteiger partial charge on any atom is 0.324 e. The molecule has 0 aliphatic carbocycles. The van der Waals surface area contributed by atoms with Crippen LogP contribution < -0.4 is 10.2 Å². The van der Waals surface area contributed by atoms with Gasteiger partial charge in [0, 0.05) is 11.6 Å². The molecule has 1 heterocycles. The van der Waals surface area contributed by atoms with Crippen molar-refractivity contribution in [2.45, 2.75) is 0 Å². The molecule has 1 amide bonds. The van der Waals surface area contributed by atoms with Crippen molar-refractivity contribution in [2.24, 2.45) is 5.10 Å². The monoisotopic (exact) mass is 305 g/mol. The third-order valence-electron chi connectivity index (χ3n) is 2.50. The Morgan fingerprint density at radius 3 is 2.62 bits per heavy atom. The zero-order valence-corrected chi connectivity index (χ0v) is 11.8. The van der Waals surface area contributed by atoms with Crippen LogP contribution in [0, 0.1) is 10.1 Å². The first-order chi connectivity index (χ1) is 10.1. The molecular formula is C13H11N3O4S. The van der Waals surface area contributed by atoms with Gasteiger partial charge < -0.3 is 4.74 Å². The van der Waals surface area contributed by atoms with E-state index in [2.05, 4.69) is 10.5 Å². The molecule has 1 N–H and O–H groups in total. The summed E-state index contributed by atoms with van der Waals surface area (Å²) in [6.45, 7) is 0. The molecule has 0 fully saturated rings. The molecule has 0 saturated carbocycles. The van der Waals surface area contributed by atoms with Crippen LogP contribution in [0.2, 0.25) is 0 Å². The summed E-state index contributed by atoms with van der Waals surface area (Å²) in [4.78, 5) is 22.4. The molecule has 108 valence electrons. The van der Waals surface area contributed by atoms with Crippen LogP contribution in [0.3, 0.4) is 0 Å². The minimum atomic E-state index is -0.474. The van der Waals surface area contributed by atoms with Gasteiger partial charge in [0.15, 0.2) is 0 Å². The van der Waals surface area contributed by atoms with Gasteiger partial charge in [-0.3, -0.25) is 14.9 Å². The lowest BCUT2D eigenvalue weighted by atomic mass is 10.2. The highest BCUT2D eigenvalue weighted by Crippen LogP contribution is 2.22. The molecule has 0 aliphatic heterocycles. The number of hydrogen-bond donors (Lipinski definition) is 1. The molecule has 0 bridgehead atoms. The average molecular weight is 305 g/mol. The van der Waals surface area contributed by atoms with Gasteiger partial charge in [-0.05, 0) is 30.3 Å². The maximum absolute atomic E-state index is 11.8. The van der Waals surface area contributed by atoms with Gasteiger partial charge in [-0.2, -0.15) is 5.10 Å². The van der Waals surface area contributed by atoms with E-state index in [-0.39, 0.29) is 10.9 Å². The summed E-state index contributed by atoms with van der Waals surface area (Å²) in [6.07, 6.45) is 1.36. The number of rotatable bonds is 5. The number of methoxy groups -OCH3 is 1. The molecule has 0 radical (unpaired) electrons. The third-order valence-corrected chi connectivity index (χ3v) is 3.47. The second-order valence-corrected chi connectivity index (χ2v) is 4.95. The minimum absolute atomic E-state index is 0.0259. The van der Waals surface area contributed by atoms with Crippen LogP contribution in [0.15, 0.2) is 41.5 Å². The Labute approximate surface area is 124 Å². The Bertz CT molecular complexity index is 679. The second-order valence-electron chi connectivity index (χ2n) is 3.86. The minimum Gasteiger partial charge on any atom is -0.497 e. The lowest BCUT2D eigenvalue weighted by Gasteiger charge is -2.01. The molecule has 0 saturated heterocycles. The molecule has 1 aromatic carbocycles. The number of carbonyl (C=O) groups excluding carboxylic acids is 1. The van der Waals surface area contributed by atoms with Crippen LogP contribution in [-0.2, 0) is 0 Å². The Morgan fingerprint density at radius 2 is 2.05 bits per heavy atom. The molecule has 0 spiro atoms. The first-order valence-corrected chi connectivity index (χ1v) is 6.63. The van der Waals surface area contributed by atoms with E-state index in [0.29, 0.717) is 16.2 Å². The normalized spacial score (nSPS) is 10.5. The van der Waals surface area contributed by atoms with E-state index in [4.69, 9.17) is 4.74 Å². The molecule has 8 heteroatoms. The summed E-state index contributed by atoms with van der Waals surface area (Å²) in [5.74, 6) is 0.279. The predicted molar refractivity (Wildman–Crippen MR) is 79.0 cm³/mol. The fraction of sp³-hybridized carbons (Fsp3) is 0.0769. The lowest BCUT2D eigenvalue weighted by Crippen LogP contribution is -2.17. The summed E-state index contributed by atoms with van der Waals surface area (Å²) in [6, 6.07) is 9.50. The first kappa shape index (κ1) is 14.7. The van der Waals surface area contributed by atoms with Crippen molar-refractivity contribution < 1.29 is 14.5 Å². The molecule has 7 nitrogen and oxygen atoms in total. The quantitative estimate of drug-likeness (QED) is 0.521. The average Bonchev–Trinajstić information content (AvgIpc) is 2.96. The predicted octanol–water partition coefficient (Wildman–Crippen LogP) is 2.43. The zero-order chi connectivity index (χ0) is 15.2. The first-order valence-electron chi connectivity index (χ1n) is 5.82. The van der Waals surface area contributed by atoms with Gasteiger partial charge in [0.1, 0.15) is 5.75 Å². The number of nitro groups is 1.